The summed E-state index contributed by atoms with van der Waals surface area (Å²) in [6.07, 6.45) is -2.12. The Kier molecular flexibility index (Phi) is 11.2. The van der Waals surface area contributed by atoms with E-state index in [1.807, 2.05) is 0 Å². The van der Waals surface area contributed by atoms with Gasteiger partial charge in [0.05, 0.1) is 31.6 Å². The van der Waals surface area contributed by atoms with Crippen LogP contribution in [0.5, 0.6) is 0 Å². The van der Waals surface area contributed by atoms with Crippen molar-refractivity contribution in [2.24, 2.45) is 5.41 Å². The molecule has 0 amide bonds. The minimum absolute atomic E-state index is 0.0123. The zero-order chi connectivity index (χ0) is 29.6. The van der Waals surface area contributed by atoms with Crippen LogP contribution in [0.3, 0.4) is 0 Å². The van der Waals surface area contributed by atoms with Crippen LogP contribution in [0.25, 0.3) is 11.2 Å². The number of hydrogen-bond acceptors (Lipinski definition) is 14. The molecule has 220 valence electrons. The molecular weight excluding hydrogens is 563 g/mol. The molecule has 2 heterocycles. The molecule has 0 fully saturated rings. The molecule has 2 aromatic rings. The highest BCUT2D eigenvalue weighted by molar-refractivity contribution is 8.13. The van der Waals surface area contributed by atoms with E-state index in [4.69, 9.17) is 24.6 Å². The summed E-state index contributed by atoms with van der Waals surface area (Å²) in [6, 6.07) is 0. The molecule has 19 heteroatoms. The Morgan fingerprint density at radius 1 is 1.33 bits per heavy atom. The number of imidazole rings is 1. The predicted octanol–water partition coefficient (Wildman–Crippen LogP) is -1.16. The van der Waals surface area contributed by atoms with E-state index in [1.54, 1.807) is 13.8 Å². The Morgan fingerprint density at radius 2 is 2.00 bits per heavy atom. The van der Waals surface area contributed by atoms with Crippen molar-refractivity contribution in [3.8, 4) is 0 Å². The zero-order valence-electron chi connectivity index (χ0n) is 21.7. The number of nitrogen functional groups attached to an aromatic ring is 1. The molecule has 0 spiro atoms. The molecule has 0 aliphatic carbocycles. The molecule has 0 radical (unpaired) electrons. The third kappa shape index (κ3) is 8.29. The van der Waals surface area contributed by atoms with Gasteiger partial charge in [-0.15, -0.1) is 0 Å². The number of fused-ring (bicyclic) bond motifs is 1. The van der Waals surface area contributed by atoms with Crippen LogP contribution in [0.4, 0.5) is 5.95 Å². The highest BCUT2D eigenvalue weighted by Crippen LogP contribution is 2.44. The second kappa shape index (κ2) is 13.3. The first-order chi connectivity index (χ1) is 18.1. The molecule has 0 saturated carbocycles. The fraction of sp³-hybridized carbons (Fsp3) is 0.650. The Labute approximate surface area is 226 Å². The maximum absolute atomic E-state index is 13.2. The highest BCUT2D eigenvalue weighted by Gasteiger charge is 2.41. The number of aliphatic hydroxyl groups excluding tert-OH is 2. The molecule has 4 atom stereocenters. The number of H-pyrrole nitrogens is 1. The van der Waals surface area contributed by atoms with Gasteiger partial charge >= 0.3 is 13.7 Å². The van der Waals surface area contributed by atoms with E-state index in [9.17, 15) is 34.3 Å². The van der Waals surface area contributed by atoms with Gasteiger partial charge in [0.15, 0.2) is 22.0 Å². The van der Waals surface area contributed by atoms with Crippen LogP contribution in [0.15, 0.2) is 11.1 Å². The first-order valence-corrected chi connectivity index (χ1v) is 13.9. The van der Waals surface area contributed by atoms with Crippen molar-refractivity contribution < 1.29 is 48.4 Å². The quantitative estimate of drug-likeness (QED) is 0.0889. The number of nitrogens with zero attached hydrogens (tertiary/aromatic N) is 3. The summed E-state index contributed by atoms with van der Waals surface area (Å²) < 4.78 is 29.9. The molecule has 0 bridgehead atoms. The van der Waals surface area contributed by atoms with Crippen LogP contribution >= 0.6 is 19.5 Å². The number of nitrogens with two attached hydrogens (primary N) is 1. The summed E-state index contributed by atoms with van der Waals surface area (Å²) in [6.45, 7) is 2.12. The number of rotatable bonds is 16. The lowest BCUT2D eigenvalue weighted by Crippen LogP contribution is -2.51. The van der Waals surface area contributed by atoms with E-state index in [0.29, 0.717) is 0 Å². The van der Waals surface area contributed by atoms with Gasteiger partial charge in [0.1, 0.15) is 18.8 Å². The van der Waals surface area contributed by atoms with Gasteiger partial charge in [-0.1, -0.05) is 11.8 Å². The monoisotopic (exact) mass is 596 g/mol. The van der Waals surface area contributed by atoms with E-state index < -0.39 is 55.8 Å². The molecule has 0 aromatic carbocycles. The second-order valence-corrected chi connectivity index (χ2v) is 12.0. The maximum atomic E-state index is 13.2. The van der Waals surface area contributed by atoms with Crippen LogP contribution in [0.2, 0.25) is 0 Å². The maximum Gasteiger partial charge on any atom is 0.406 e. The number of carbonyl (C=O) groups excluding carboxylic acids is 1. The molecule has 0 aliphatic rings. The lowest BCUT2D eigenvalue weighted by atomic mass is 9.97. The van der Waals surface area contributed by atoms with Crippen LogP contribution in [-0.2, 0) is 33.7 Å². The van der Waals surface area contributed by atoms with E-state index in [1.165, 1.54) is 14.0 Å². The van der Waals surface area contributed by atoms with Crippen LogP contribution in [-0.4, -0.2) is 102 Å². The number of ether oxygens (including phenoxy) is 1. The van der Waals surface area contributed by atoms with Crippen molar-refractivity contribution in [1.29, 1.82) is 0 Å². The largest absolute Gasteiger partial charge is 0.480 e. The number of carboxylic acids is 1. The normalized spacial score (nSPS) is 16.9. The number of thioether (sulfide) groups is 1. The number of anilines is 1. The predicted molar refractivity (Wildman–Crippen MR) is 139 cm³/mol. The van der Waals surface area contributed by atoms with Crippen LogP contribution < -0.4 is 16.4 Å². The summed E-state index contributed by atoms with van der Waals surface area (Å²) in [5.41, 5.74) is 1.41. The lowest BCUT2D eigenvalue weighted by molar-refractivity contribution is -0.173. The van der Waals surface area contributed by atoms with Crippen LogP contribution in [0, 0.1) is 5.41 Å². The molecule has 2 unspecified atom stereocenters. The van der Waals surface area contributed by atoms with Gasteiger partial charge in [-0.05, 0) is 20.8 Å². The van der Waals surface area contributed by atoms with Crippen molar-refractivity contribution in [2.75, 3.05) is 45.0 Å². The number of hydrogen-bond donors (Lipinski definition) is 7. The van der Waals surface area contributed by atoms with Crippen molar-refractivity contribution >= 4 is 47.7 Å². The highest BCUT2D eigenvalue weighted by atomic mass is 32.2. The zero-order valence-corrected chi connectivity index (χ0v) is 23.4. The Morgan fingerprint density at radius 3 is 2.59 bits per heavy atom. The minimum Gasteiger partial charge on any atom is -0.480 e. The molecule has 39 heavy (non-hydrogen) atoms. The standard InChI is InChI=1S/C20H33N6O11PS/c1-19(2,9-27)17(32)39-6-5-36-38(34,23-7-12(28)29)37-8-11(35-4)14(30)20(3,33)26-10-22-13-15(26)24-18(21)25-16(13)31/h10-11,14,27,30,33H,5-9H2,1-4H3,(H,23,34)(H,28,29)(H3,21,24,25,31)/t11-,14-,20?,38?/m1/s1. The number of aromatic amines is 1. The fourth-order valence-electron chi connectivity index (χ4n) is 3.06. The second-order valence-electron chi connectivity index (χ2n) is 9.08. The van der Waals surface area contributed by atoms with E-state index in [0.717, 1.165) is 22.7 Å². The van der Waals surface area contributed by atoms with Gasteiger partial charge in [-0.3, -0.25) is 33.0 Å². The van der Waals surface area contributed by atoms with Gasteiger partial charge < -0.3 is 30.9 Å². The third-order valence-corrected chi connectivity index (χ3v) is 8.23. The number of aliphatic carboxylic acids is 1. The Balaban J connectivity index is 2.15. The molecule has 2 aromatic heterocycles. The summed E-state index contributed by atoms with van der Waals surface area (Å²) in [5.74, 6) is -1.61. The summed E-state index contributed by atoms with van der Waals surface area (Å²) in [7, 11) is -3.15. The Bertz CT molecular complexity index is 1270. The van der Waals surface area contributed by atoms with Crippen molar-refractivity contribution in [3.05, 3.63) is 16.7 Å². The first-order valence-electron chi connectivity index (χ1n) is 11.4. The number of methoxy groups -OCH3 is 1. The van der Waals surface area contributed by atoms with Gasteiger partial charge in [-0.2, -0.15) is 4.98 Å². The number of aromatic nitrogens is 4. The molecule has 0 aliphatic heterocycles. The minimum atomic E-state index is -4.32. The summed E-state index contributed by atoms with van der Waals surface area (Å²) in [4.78, 5) is 45.3. The number of carbonyl (C=O) groups is 2. The number of carboxylic acid groups (broad SMARTS) is 1. The fourth-order valence-corrected chi connectivity index (χ4v) is 5.25. The van der Waals surface area contributed by atoms with Gasteiger partial charge in [0.25, 0.3) is 5.56 Å². The molecule has 2 rings (SSSR count). The van der Waals surface area contributed by atoms with Gasteiger partial charge in [0.2, 0.25) is 5.95 Å². The molecule has 0 saturated heterocycles. The average molecular weight is 597 g/mol. The molecular formula is C20H33N6O11PS. The summed E-state index contributed by atoms with van der Waals surface area (Å²) >= 11 is 0.821. The smallest absolute Gasteiger partial charge is 0.406 e. The molecule has 8 N–H and O–H groups in total. The van der Waals surface area contributed by atoms with Gasteiger partial charge in [0, 0.05) is 12.9 Å². The van der Waals surface area contributed by atoms with Crippen molar-refractivity contribution in [3.63, 3.8) is 0 Å². The Hall–Kier alpha value is -2.41. The van der Waals surface area contributed by atoms with E-state index in [-0.39, 0.29) is 41.2 Å². The van der Waals surface area contributed by atoms with Crippen molar-refractivity contribution in [2.45, 2.75) is 38.7 Å². The average Bonchev–Trinajstić information content (AvgIpc) is 3.30. The third-order valence-electron chi connectivity index (χ3n) is 5.49. The van der Waals surface area contributed by atoms with Crippen LogP contribution in [0.1, 0.15) is 20.8 Å². The number of aliphatic hydroxyl groups is 3. The first kappa shape index (κ1) is 32.8. The summed E-state index contributed by atoms with van der Waals surface area (Å²) in [5, 5.41) is 42.1. The number of nitrogens with one attached hydrogen (secondary N) is 2. The van der Waals surface area contributed by atoms with Gasteiger partial charge in [-0.25, -0.2) is 14.6 Å². The topological polar surface area (TPSA) is 261 Å². The SMILES string of the molecule is CO[C@H](COP(=O)(NCC(=O)O)OCCSC(=O)C(C)(C)CO)[C@@H](O)C(C)(O)n1cnc2c(=O)[nH]c(N)nc21. The molecule has 17 nitrogen and oxygen atoms in total. The lowest BCUT2D eigenvalue weighted by Gasteiger charge is -2.35. The van der Waals surface area contributed by atoms with E-state index in [2.05, 4.69) is 20.0 Å². The van der Waals surface area contributed by atoms with Crippen molar-refractivity contribution in [1.82, 2.24) is 24.6 Å². The van der Waals surface area contributed by atoms with E-state index >= 15 is 0 Å².